The number of piperidine rings is 1. The van der Waals surface area contributed by atoms with E-state index in [4.69, 9.17) is 4.98 Å². The monoisotopic (exact) mass is 410 g/mol. The summed E-state index contributed by atoms with van der Waals surface area (Å²) in [5.74, 6) is 1.83. The molecule has 5 nitrogen and oxygen atoms in total. The van der Waals surface area contributed by atoms with Crippen LogP contribution in [0, 0.1) is 0 Å². The Morgan fingerprint density at radius 1 is 1.18 bits per heavy atom. The first-order valence-corrected chi connectivity index (χ1v) is 11.3. The van der Waals surface area contributed by atoms with Crippen LogP contribution in [0.1, 0.15) is 28.8 Å². The number of nitrogens with zero attached hydrogens (tertiary/aromatic N) is 3. The normalized spacial score (nSPS) is 14.8. The van der Waals surface area contributed by atoms with E-state index in [1.165, 1.54) is 5.56 Å². The van der Waals surface area contributed by atoms with Gasteiger partial charge in [-0.15, -0.1) is 11.8 Å². The van der Waals surface area contributed by atoms with E-state index in [0.717, 1.165) is 48.1 Å². The number of carbonyl (C=O) groups is 1. The molecule has 0 atom stereocenters. The maximum absolute atomic E-state index is 12.2. The van der Waals surface area contributed by atoms with E-state index >= 15 is 0 Å². The van der Waals surface area contributed by atoms with E-state index in [2.05, 4.69) is 39.5 Å². The van der Waals surface area contributed by atoms with Crippen molar-refractivity contribution in [1.29, 1.82) is 0 Å². The zero-order valence-electron chi connectivity index (χ0n) is 15.5. The molecule has 1 aromatic carbocycles. The van der Waals surface area contributed by atoms with Gasteiger partial charge in [0.15, 0.2) is 0 Å². The van der Waals surface area contributed by atoms with Gasteiger partial charge in [-0.25, -0.2) is 4.98 Å². The zero-order chi connectivity index (χ0) is 19.2. The fraction of sp³-hybridized carbons (Fsp3) is 0.286. The molecule has 1 aliphatic rings. The number of benzene rings is 1. The number of aromatic nitrogens is 2. The average molecular weight is 411 g/mol. The predicted molar refractivity (Wildman–Crippen MR) is 115 cm³/mol. The lowest BCUT2D eigenvalue weighted by molar-refractivity contribution is 0.0931. The van der Waals surface area contributed by atoms with Crippen LogP contribution in [-0.4, -0.2) is 35.0 Å². The Bertz CT molecular complexity index is 894. The molecule has 144 valence electrons. The predicted octanol–water partition coefficient (Wildman–Crippen LogP) is 4.23. The lowest BCUT2D eigenvalue weighted by Gasteiger charge is -2.33. The van der Waals surface area contributed by atoms with E-state index in [1.54, 1.807) is 23.1 Å². The minimum absolute atomic E-state index is 0.0267. The Balaban J connectivity index is 1.30. The van der Waals surface area contributed by atoms with Crippen LogP contribution in [0.4, 0.5) is 5.82 Å². The Hall–Kier alpha value is -2.38. The number of nitrogens with one attached hydrogen (secondary N) is 1. The van der Waals surface area contributed by atoms with Crippen molar-refractivity contribution in [1.82, 2.24) is 15.3 Å². The number of thiophene rings is 1. The van der Waals surface area contributed by atoms with Crippen LogP contribution in [0.3, 0.4) is 0 Å². The number of thioether (sulfide) groups is 1. The van der Waals surface area contributed by atoms with Crippen molar-refractivity contribution >= 4 is 34.8 Å². The quantitative estimate of drug-likeness (QED) is 0.616. The summed E-state index contributed by atoms with van der Waals surface area (Å²) in [5, 5.41) is 7.90. The second kappa shape index (κ2) is 9.21. The van der Waals surface area contributed by atoms with Gasteiger partial charge < -0.3 is 10.2 Å². The van der Waals surface area contributed by atoms with Crippen molar-refractivity contribution in [2.75, 3.05) is 18.0 Å². The maximum atomic E-state index is 12.2. The molecular formula is C21H22N4OS2. The highest BCUT2D eigenvalue weighted by Gasteiger charge is 2.22. The van der Waals surface area contributed by atoms with Crippen LogP contribution in [0.15, 0.2) is 64.6 Å². The number of hydrogen-bond acceptors (Lipinski definition) is 6. The molecule has 0 unspecified atom stereocenters. The van der Waals surface area contributed by atoms with Gasteiger partial charge in [-0.1, -0.05) is 30.3 Å². The molecule has 1 saturated heterocycles. The zero-order valence-corrected chi connectivity index (χ0v) is 17.1. The van der Waals surface area contributed by atoms with Crippen molar-refractivity contribution in [3.63, 3.8) is 0 Å². The van der Waals surface area contributed by atoms with E-state index in [0.29, 0.717) is 0 Å². The van der Waals surface area contributed by atoms with E-state index in [9.17, 15) is 4.79 Å². The number of rotatable bonds is 6. The highest BCUT2D eigenvalue weighted by molar-refractivity contribution is 7.98. The van der Waals surface area contributed by atoms with Crippen LogP contribution < -0.4 is 10.2 Å². The van der Waals surface area contributed by atoms with E-state index < -0.39 is 0 Å². The largest absolute Gasteiger partial charge is 0.355 e. The van der Waals surface area contributed by atoms with E-state index in [1.807, 2.05) is 35.3 Å². The molecule has 0 bridgehead atoms. The standard InChI is InChI=1S/C21H22N4OS2/c26-21(17-8-11-27-15-17)23-18-6-9-25(10-7-18)19-12-22-13-20(24-19)28-14-16-4-2-1-3-5-16/h1-5,8,11-13,15,18H,6-7,9-10,14H2,(H,23,26). The van der Waals surface area contributed by atoms with Gasteiger partial charge in [-0.05, 0) is 29.9 Å². The van der Waals surface area contributed by atoms with Gasteiger partial charge in [0.2, 0.25) is 0 Å². The molecule has 0 radical (unpaired) electrons. The Morgan fingerprint density at radius 2 is 2.00 bits per heavy atom. The highest BCUT2D eigenvalue weighted by atomic mass is 32.2. The molecule has 1 N–H and O–H groups in total. The molecule has 0 saturated carbocycles. The Labute approximate surface area is 173 Å². The van der Waals surface area contributed by atoms with Gasteiger partial charge in [0, 0.05) is 35.8 Å². The van der Waals surface area contributed by atoms with E-state index in [-0.39, 0.29) is 11.9 Å². The van der Waals surface area contributed by atoms with Crippen LogP contribution in [0.2, 0.25) is 0 Å². The summed E-state index contributed by atoms with van der Waals surface area (Å²) in [6.07, 6.45) is 5.49. The second-order valence-corrected chi connectivity index (χ2v) is 8.51. The van der Waals surface area contributed by atoms with Crippen molar-refractivity contribution < 1.29 is 4.79 Å². The summed E-state index contributed by atoms with van der Waals surface area (Å²) in [5.41, 5.74) is 2.03. The van der Waals surface area contributed by atoms with Gasteiger partial charge >= 0.3 is 0 Å². The van der Waals surface area contributed by atoms with Gasteiger partial charge in [0.25, 0.3) is 5.91 Å². The average Bonchev–Trinajstić information content (AvgIpc) is 3.29. The maximum Gasteiger partial charge on any atom is 0.252 e. The highest BCUT2D eigenvalue weighted by Crippen LogP contribution is 2.24. The second-order valence-electron chi connectivity index (χ2n) is 6.74. The summed E-state index contributed by atoms with van der Waals surface area (Å²) in [4.78, 5) is 23.6. The number of carbonyl (C=O) groups excluding carboxylic acids is 1. The molecule has 0 spiro atoms. The summed E-state index contributed by atoms with van der Waals surface area (Å²) in [6, 6.07) is 12.5. The smallest absolute Gasteiger partial charge is 0.252 e. The van der Waals surface area contributed by atoms with Gasteiger partial charge in [0.05, 0.1) is 12.4 Å². The molecule has 7 heteroatoms. The van der Waals surface area contributed by atoms with Crippen LogP contribution >= 0.6 is 23.1 Å². The molecule has 3 aromatic rings. The molecule has 4 rings (SSSR count). The number of amides is 1. The summed E-state index contributed by atoms with van der Waals surface area (Å²) >= 11 is 3.25. The van der Waals surface area contributed by atoms with Gasteiger partial charge in [-0.2, -0.15) is 11.3 Å². The van der Waals surface area contributed by atoms with Crippen LogP contribution in [0.5, 0.6) is 0 Å². The third-order valence-electron chi connectivity index (χ3n) is 4.77. The fourth-order valence-electron chi connectivity index (χ4n) is 3.21. The third kappa shape index (κ3) is 4.91. The first-order chi connectivity index (χ1) is 13.8. The Morgan fingerprint density at radius 3 is 2.75 bits per heavy atom. The fourth-order valence-corrected chi connectivity index (χ4v) is 4.64. The lowest BCUT2D eigenvalue weighted by atomic mass is 10.0. The molecule has 28 heavy (non-hydrogen) atoms. The lowest BCUT2D eigenvalue weighted by Crippen LogP contribution is -2.44. The summed E-state index contributed by atoms with van der Waals surface area (Å²) in [6.45, 7) is 1.74. The number of hydrogen-bond donors (Lipinski definition) is 1. The van der Waals surface area contributed by atoms with Gasteiger partial charge in [-0.3, -0.25) is 9.78 Å². The Kier molecular flexibility index (Phi) is 6.24. The number of anilines is 1. The first-order valence-electron chi connectivity index (χ1n) is 9.35. The van der Waals surface area contributed by atoms with Crippen molar-refractivity contribution in [3.8, 4) is 0 Å². The topological polar surface area (TPSA) is 58.1 Å². The van der Waals surface area contributed by atoms with Crippen molar-refractivity contribution in [2.45, 2.75) is 29.7 Å². The molecular weight excluding hydrogens is 388 g/mol. The van der Waals surface area contributed by atoms with Crippen molar-refractivity contribution in [2.24, 2.45) is 0 Å². The SMILES string of the molecule is O=C(NC1CCN(c2cncc(SCc3ccccc3)n2)CC1)c1ccsc1. The third-order valence-corrected chi connectivity index (χ3v) is 6.42. The molecule has 3 heterocycles. The minimum atomic E-state index is 0.0267. The van der Waals surface area contributed by atoms with Crippen molar-refractivity contribution in [3.05, 3.63) is 70.7 Å². The molecule has 0 aliphatic carbocycles. The molecule has 1 fully saturated rings. The summed E-state index contributed by atoms with van der Waals surface area (Å²) in [7, 11) is 0. The first kappa shape index (κ1) is 19.0. The molecule has 2 aromatic heterocycles. The van der Waals surface area contributed by atoms with Gasteiger partial charge in [0.1, 0.15) is 10.8 Å². The van der Waals surface area contributed by atoms with Crippen LogP contribution in [0.25, 0.3) is 0 Å². The molecule has 1 aliphatic heterocycles. The minimum Gasteiger partial charge on any atom is -0.355 e. The molecule has 1 amide bonds. The summed E-state index contributed by atoms with van der Waals surface area (Å²) < 4.78 is 0. The van der Waals surface area contributed by atoms with Crippen LogP contribution in [-0.2, 0) is 5.75 Å².